The van der Waals surface area contributed by atoms with Crippen molar-refractivity contribution < 1.29 is 8.42 Å². The molecular formula is C8H14N4O2S. The van der Waals surface area contributed by atoms with Gasteiger partial charge in [-0.05, 0) is 12.8 Å². The SMILES string of the molecule is NS(=O)(=O)c1cnn(CCNC2CC2)c1. The highest BCUT2D eigenvalue weighted by molar-refractivity contribution is 7.89. The van der Waals surface area contributed by atoms with Crippen LogP contribution >= 0.6 is 0 Å². The summed E-state index contributed by atoms with van der Waals surface area (Å²) in [5.41, 5.74) is 0. The highest BCUT2D eigenvalue weighted by Crippen LogP contribution is 2.18. The second-order valence-corrected chi connectivity index (χ2v) is 5.27. The lowest BCUT2D eigenvalue weighted by Crippen LogP contribution is -2.22. The van der Waals surface area contributed by atoms with Crippen LogP contribution in [0.5, 0.6) is 0 Å². The van der Waals surface area contributed by atoms with Gasteiger partial charge in [-0.25, -0.2) is 13.6 Å². The Morgan fingerprint density at radius 3 is 2.87 bits per heavy atom. The number of rotatable bonds is 5. The average molecular weight is 230 g/mol. The zero-order valence-electron chi connectivity index (χ0n) is 8.26. The van der Waals surface area contributed by atoms with E-state index in [1.54, 1.807) is 4.68 Å². The van der Waals surface area contributed by atoms with Crippen molar-refractivity contribution in [1.29, 1.82) is 0 Å². The minimum absolute atomic E-state index is 0.0638. The molecular weight excluding hydrogens is 216 g/mol. The monoisotopic (exact) mass is 230 g/mol. The van der Waals surface area contributed by atoms with Crippen LogP contribution in [-0.2, 0) is 16.6 Å². The molecule has 2 rings (SSSR count). The van der Waals surface area contributed by atoms with Gasteiger partial charge in [0.15, 0.2) is 0 Å². The number of hydrogen-bond donors (Lipinski definition) is 2. The summed E-state index contributed by atoms with van der Waals surface area (Å²) in [6, 6.07) is 0.651. The van der Waals surface area contributed by atoms with Crippen LogP contribution in [-0.4, -0.2) is 30.8 Å². The molecule has 84 valence electrons. The van der Waals surface area contributed by atoms with Crippen LogP contribution in [0.15, 0.2) is 17.3 Å². The summed E-state index contributed by atoms with van der Waals surface area (Å²) < 4.78 is 23.5. The minimum atomic E-state index is -3.61. The first kappa shape index (κ1) is 10.6. The van der Waals surface area contributed by atoms with Gasteiger partial charge in [0.25, 0.3) is 0 Å². The molecule has 0 bridgehead atoms. The molecule has 1 aliphatic rings. The van der Waals surface area contributed by atoms with E-state index in [4.69, 9.17) is 5.14 Å². The zero-order chi connectivity index (χ0) is 10.9. The number of hydrogen-bond acceptors (Lipinski definition) is 4. The summed E-state index contributed by atoms with van der Waals surface area (Å²) in [4.78, 5) is 0.0638. The van der Waals surface area contributed by atoms with E-state index >= 15 is 0 Å². The van der Waals surface area contributed by atoms with Crippen molar-refractivity contribution in [3.8, 4) is 0 Å². The second kappa shape index (κ2) is 3.92. The molecule has 0 unspecified atom stereocenters. The third-order valence-electron chi connectivity index (χ3n) is 2.29. The first-order chi connectivity index (χ1) is 7.05. The smallest absolute Gasteiger partial charge is 0.241 e. The van der Waals surface area contributed by atoms with Crippen LogP contribution in [0, 0.1) is 0 Å². The van der Waals surface area contributed by atoms with Crippen LogP contribution in [0.4, 0.5) is 0 Å². The molecule has 1 fully saturated rings. The Balaban J connectivity index is 1.88. The number of nitrogens with one attached hydrogen (secondary N) is 1. The van der Waals surface area contributed by atoms with Crippen LogP contribution in [0.25, 0.3) is 0 Å². The lowest BCUT2D eigenvalue weighted by atomic mass is 10.6. The summed E-state index contributed by atoms with van der Waals surface area (Å²) in [7, 11) is -3.61. The molecule has 6 nitrogen and oxygen atoms in total. The van der Waals surface area contributed by atoms with Crippen molar-refractivity contribution in [2.75, 3.05) is 6.54 Å². The van der Waals surface area contributed by atoms with Gasteiger partial charge in [0.05, 0.1) is 12.7 Å². The lowest BCUT2D eigenvalue weighted by Gasteiger charge is -2.01. The molecule has 1 heterocycles. The van der Waals surface area contributed by atoms with Crippen LogP contribution in [0.3, 0.4) is 0 Å². The maximum Gasteiger partial charge on any atom is 0.241 e. The van der Waals surface area contributed by atoms with E-state index in [9.17, 15) is 8.42 Å². The summed E-state index contributed by atoms with van der Waals surface area (Å²) in [5, 5.41) is 12.2. The Hall–Kier alpha value is -0.920. The minimum Gasteiger partial charge on any atom is -0.312 e. The largest absolute Gasteiger partial charge is 0.312 e. The summed E-state index contributed by atoms with van der Waals surface area (Å²) in [6.07, 6.45) is 5.19. The maximum absolute atomic E-state index is 10.9. The molecule has 1 aromatic rings. The number of sulfonamides is 1. The van der Waals surface area contributed by atoms with Crippen molar-refractivity contribution in [3.63, 3.8) is 0 Å². The van der Waals surface area contributed by atoms with Gasteiger partial charge in [0.1, 0.15) is 4.90 Å². The van der Waals surface area contributed by atoms with Gasteiger partial charge in [-0.2, -0.15) is 5.10 Å². The van der Waals surface area contributed by atoms with Crippen molar-refractivity contribution in [2.24, 2.45) is 5.14 Å². The fourth-order valence-corrected chi connectivity index (χ4v) is 1.75. The van der Waals surface area contributed by atoms with E-state index in [0.29, 0.717) is 12.6 Å². The summed E-state index contributed by atoms with van der Waals surface area (Å²) in [5.74, 6) is 0. The first-order valence-corrected chi connectivity index (χ1v) is 6.39. The molecule has 0 aromatic carbocycles. The Morgan fingerprint density at radius 2 is 2.33 bits per heavy atom. The Morgan fingerprint density at radius 1 is 1.60 bits per heavy atom. The van der Waals surface area contributed by atoms with Crippen molar-refractivity contribution in [3.05, 3.63) is 12.4 Å². The van der Waals surface area contributed by atoms with Crippen molar-refractivity contribution in [2.45, 2.75) is 30.3 Å². The van der Waals surface area contributed by atoms with E-state index in [1.165, 1.54) is 25.2 Å². The fourth-order valence-electron chi connectivity index (χ4n) is 1.28. The van der Waals surface area contributed by atoms with Gasteiger partial charge in [-0.3, -0.25) is 4.68 Å². The van der Waals surface area contributed by atoms with E-state index in [0.717, 1.165) is 6.54 Å². The van der Waals surface area contributed by atoms with Crippen LogP contribution in [0.2, 0.25) is 0 Å². The van der Waals surface area contributed by atoms with Gasteiger partial charge in [0.2, 0.25) is 10.0 Å². The molecule has 0 saturated heterocycles. The zero-order valence-corrected chi connectivity index (χ0v) is 9.07. The van der Waals surface area contributed by atoms with E-state index in [2.05, 4.69) is 10.4 Å². The molecule has 15 heavy (non-hydrogen) atoms. The normalized spacial score (nSPS) is 16.9. The van der Waals surface area contributed by atoms with Gasteiger partial charge >= 0.3 is 0 Å². The van der Waals surface area contributed by atoms with Crippen molar-refractivity contribution in [1.82, 2.24) is 15.1 Å². The molecule has 7 heteroatoms. The van der Waals surface area contributed by atoms with Crippen LogP contribution in [0.1, 0.15) is 12.8 Å². The van der Waals surface area contributed by atoms with Gasteiger partial charge in [-0.15, -0.1) is 0 Å². The second-order valence-electron chi connectivity index (χ2n) is 3.71. The predicted octanol–water partition coefficient (Wildman–Crippen LogP) is -0.717. The first-order valence-electron chi connectivity index (χ1n) is 4.84. The predicted molar refractivity (Wildman–Crippen MR) is 54.6 cm³/mol. The summed E-state index contributed by atoms with van der Waals surface area (Å²) >= 11 is 0. The third kappa shape index (κ3) is 3.01. The highest BCUT2D eigenvalue weighted by atomic mass is 32.2. The Labute approximate surface area is 88.5 Å². The summed E-state index contributed by atoms with van der Waals surface area (Å²) in [6.45, 7) is 1.46. The number of primary sulfonamides is 1. The number of nitrogens with zero attached hydrogens (tertiary/aromatic N) is 2. The Bertz CT molecular complexity index is 435. The van der Waals surface area contributed by atoms with Gasteiger partial charge in [0, 0.05) is 18.8 Å². The molecule has 1 aromatic heterocycles. The topological polar surface area (TPSA) is 90.0 Å². The third-order valence-corrected chi connectivity index (χ3v) is 3.16. The van der Waals surface area contributed by atoms with Crippen molar-refractivity contribution >= 4 is 10.0 Å². The van der Waals surface area contributed by atoms with E-state index in [1.807, 2.05) is 0 Å². The number of nitrogens with two attached hydrogens (primary N) is 1. The quantitative estimate of drug-likeness (QED) is 0.698. The average Bonchev–Trinajstić information content (AvgIpc) is 2.80. The highest BCUT2D eigenvalue weighted by Gasteiger charge is 2.19. The standard InChI is InChI=1S/C8H14N4O2S/c9-15(13,14)8-5-11-12(6-8)4-3-10-7-1-2-7/h5-7,10H,1-4H2,(H2,9,13,14). The maximum atomic E-state index is 10.9. The lowest BCUT2D eigenvalue weighted by molar-refractivity contribution is 0.552. The molecule has 0 spiro atoms. The fraction of sp³-hybridized carbons (Fsp3) is 0.625. The molecule has 0 radical (unpaired) electrons. The van der Waals surface area contributed by atoms with Gasteiger partial charge < -0.3 is 5.32 Å². The van der Waals surface area contributed by atoms with E-state index in [-0.39, 0.29) is 4.90 Å². The molecule has 3 N–H and O–H groups in total. The van der Waals surface area contributed by atoms with Crippen LogP contribution < -0.4 is 10.5 Å². The number of aromatic nitrogens is 2. The van der Waals surface area contributed by atoms with Gasteiger partial charge in [-0.1, -0.05) is 0 Å². The molecule has 1 saturated carbocycles. The molecule has 0 atom stereocenters. The molecule has 0 aliphatic heterocycles. The molecule has 1 aliphatic carbocycles. The van der Waals surface area contributed by atoms with E-state index < -0.39 is 10.0 Å². The molecule has 0 amide bonds. The Kier molecular flexibility index (Phi) is 2.76.